The third-order valence-electron chi connectivity index (χ3n) is 6.80. The Kier molecular flexibility index (Phi) is 7.45. The van der Waals surface area contributed by atoms with Gasteiger partial charge in [0.05, 0.1) is 6.54 Å². The van der Waals surface area contributed by atoms with E-state index >= 15 is 0 Å². The van der Waals surface area contributed by atoms with Crippen molar-refractivity contribution < 1.29 is 18.6 Å². The Labute approximate surface area is 217 Å². The van der Waals surface area contributed by atoms with E-state index in [1.165, 1.54) is 23.4 Å². The molecule has 1 saturated heterocycles. The van der Waals surface area contributed by atoms with Crippen LogP contribution in [0.15, 0.2) is 66.6 Å². The van der Waals surface area contributed by atoms with E-state index in [4.69, 9.17) is 4.74 Å². The van der Waals surface area contributed by atoms with Crippen LogP contribution in [0.1, 0.15) is 17.4 Å². The Hall–Kier alpha value is -3.41. The van der Waals surface area contributed by atoms with E-state index < -0.39 is 23.3 Å². The van der Waals surface area contributed by atoms with Crippen molar-refractivity contribution in [3.05, 3.63) is 88.6 Å². The smallest absolute Gasteiger partial charge is 0.215 e. The van der Waals surface area contributed by atoms with Gasteiger partial charge in [0.25, 0.3) is 0 Å². The van der Waals surface area contributed by atoms with Gasteiger partial charge in [0.2, 0.25) is 5.88 Å². The Balaban J connectivity index is 1.29. The molecule has 37 heavy (non-hydrogen) atoms. The van der Waals surface area contributed by atoms with Crippen LogP contribution in [0.5, 0.6) is 5.88 Å². The number of ether oxygens (including phenoxy) is 1. The van der Waals surface area contributed by atoms with Crippen molar-refractivity contribution in [1.29, 1.82) is 0 Å². The molecule has 1 aromatic carbocycles. The monoisotopic (exact) mass is 526 g/mol. The van der Waals surface area contributed by atoms with E-state index in [1.54, 1.807) is 11.3 Å². The lowest BCUT2D eigenvalue weighted by molar-refractivity contribution is -0.0650. The summed E-state index contributed by atoms with van der Waals surface area (Å²) in [6.07, 6.45) is 2.83. The number of piperazine rings is 1. The summed E-state index contributed by atoms with van der Waals surface area (Å²) in [6.45, 7) is 4.86. The molecule has 0 spiro atoms. The summed E-state index contributed by atoms with van der Waals surface area (Å²) < 4.78 is 35.8. The summed E-state index contributed by atoms with van der Waals surface area (Å²) >= 11 is 1.64. The largest absolute Gasteiger partial charge is 0.472 e. The number of hydrogen-bond donors (Lipinski definition) is 1. The van der Waals surface area contributed by atoms with Crippen LogP contribution in [0, 0.1) is 11.6 Å². The molecule has 4 aromatic rings. The maximum Gasteiger partial charge on any atom is 0.215 e. The van der Waals surface area contributed by atoms with E-state index in [9.17, 15) is 13.9 Å². The molecule has 4 heterocycles. The van der Waals surface area contributed by atoms with Gasteiger partial charge in [0, 0.05) is 54.8 Å². The van der Waals surface area contributed by atoms with Crippen LogP contribution in [0.2, 0.25) is 0 Å². The fraction of sp³-hybridized carbons (Fsp3) is 0.346. The summed E-state index contributed by atoms with van der Waals surface area (Å²) in [4.78, 5) is 14.0. The summed E-state index contributed by atoms with van der Waals surface area (Å²) in [5, 5.41) is 18.0. The van der Waals surface area contributed by atoms with Crippen LogP contribution >= 0.6 is 11.3 Å². The minimum absolute atomic E-state index is 0.0246. The average Bonchev–Trinajstić information content (AvgIpc) is 3.62. The number of aliphatic hydroxyl groups is 1. The molecule has 1 N–H and O–H groups in total. The maximum absolute atomic E-state index is 14.9. The van der Waals surface area contributed by atoms with Gasteiger partial charge in [-0.3, -0.25) is 4.90 Å². The first-order chi connectivity index (χ1) is 17.9. The molecule has 1 aliphatic heterocycles. The molecule has 1 aliphatic rings. The highest BCUT2D eigenvalue weighted by Gasteiger charge is 2.42. The molecule has 0 bridgehead atoms. The van der Waals surface area contributed by atoms with E-state index in [0.717, 1.165) is 22.8 Å². The lowest BCUT2D eigenvalue weighted by atomic mass is 9.85. The number of halogens is 2. The van der Waals surface area contributed by atoms with Crippen molar-refractivity contribution in [2.45, 2.75) is 31.7 Å². The van der Waals surface area contributed by atoms with Crippen LogP contribution < -0.4 is 9.64 Å². The summed E-state index contributed by atoms with van der Waals surface area (Å²) in [5.41, 5.74) is -1.64. The van der Waals surface area contributed by atoms with E-state index in [-0.39, 0.29) is 12.1 Å². The number of pyridine rings is 1. The highest BCUT2D eigenvalue weighted by atomic mass is 32.1. The molecule has 5 rings (SSSR count). The summed E-state index contributed by atoms with van der Waals surface area (Å²) in [5.74, 6) is -0.106. The predicted molar refractivity (Wildman–Crippen MR) is 136 cm³/mol. The van der Waals surface area contributed by atoms with Crippen LogP contribution in [-0.4, -0.2) is 62.0 Å². The number of aromatic nitrogens is 4. The molecule has 11 heteroatoms. The highest BCUT2D eigenvalue weighted by molar-refractivity contribution is 7.09. The fourth-order valence-electron chi connectivity index (χ4n) is 4.68. The van der Waals surface area contributed by atoms with Crippen molar-refractivity contribution in [1.82, 2.24) is 24.6 Å². The normalized spacial score (nSPS) is 16.9. The van der Waals surface area contributed by atoms with Gasteiger partial charge in [-0.1, -0.05) is 18.2 Å². The average molecular weight is 527 g/mol. The zero-order valence-electron chi connectivity index (χ0n) is 20.4. The second-order valence-corrected chi connectivity index (χ2v) is 10.1. The number of thiophene rings is 1. The number of anilines is 1. The third-order valence-corrected chi connectivity index (χ3v) is 7.65. The second kappa shape index (κ2) is 10.9. The molecule has 3 aromatic heterocycles. The van der Waals surface area contributed by atoms with E-state index in [2.05, 4.69) is 24.9 Å². The highest BCUT2D eigenvalue weighted by Crippen LogP contribution is 2.33. The summed E-state index contributed by atoms with van der Waals surface area (Å²) in [7, 11) is 0. The molecule has 0 amide bonds. The summed E-state index contributed by atoms with van der Waals surface area (Å²) in [6, 6.07) is 12.5. The zero-order valence-corrected chi connectivity index (χ0v) is 21.2. The number of rotatable bonds is 9. The van der Waals surface area contributed by atoms with Crippen molar-refractivity contribution in [2.24, 2.45) is 0 Å². The van der Waals surface area contributed by atoms with Crippen molar-refractivity contribution >= 4 is 17.2 Å². The Bertz CT molecular complexity index is 1300. The lowest BCUT2D eigenvalue weighted by Crippen LogP contribution is -2.57. The Morgan fingerprint density at radius 1 is 1.11 bits per heavy atom. The lowest BCUT2D eigenvalue weighted by Gasteiger charge is -2.45. The van der Waals surface area contributed by atoms with Crippen LogP contribution in [0.3, 0.4) is 0 Å². The van der Waals surface area contributed by atoms with Crippen LogP contribution in [0.25, 0.3) is 0 Å². The van der Waals surface area contributed by atoms with Crippen LogP contribution in [0.4, 0.5) is 14.6 Å². The first kappa shape index (κ1) is 25.2. The molecule has 8 nitrogen and oxygen atoms in total. The standard InChI is InChI=1S/C26H28F2N6O2S/c1-19(26(35,16-34-18-29-17-30-34)22-8-7-20(27)14-23(22)28)32-9-11-33(12-10-32)24-5-2-6-25(31-24)36-15-21-4-3-13-37-21/h2-8,13-14,17-19,35H,9-12,15-16H2,1H3. The van der Waals surface area contributed by atoms with Gasteiger partial charge in [-0.15, -0.1) is 11.3 Å². The van der Waals surface area contributed by atoms with Gasteiger partial charge in [-0.25, -0.2) is 18.4 Å². The van der Waals surface area contributed by atoms with Crippen molar-refractivity contribution in [2.75, 3.05) is 31.1 Å². The minimum atomic E-state index is -1.67. The maximum atomic E-state index is 14.9. The third kappa shape index (κ3) is 5.63. The molecular formula is C26H28F2N6O2S. The SMILES string of the molecule is CC(N1CCN(c2cccc(OCc3cccs3)n2)CC1)C(O)(Cn1cncn1)c1ccc(F)cc1F. The van der Waals surface area contributed by atoms with Gasteiger partial charge in [0.1, 0.15) is 42.3 Å². The van der Waals surface area contributed by atoms with Crippen molar-refractivity contribution in [3.63, 3.8) is 0 Å². The molecule has 2 atom stereocenters. The number of nitrogens with zero attached hydrogens (tertiary/aromatic N) is 6. The topological polar surface area (TPSA) is 79.5 Å². The number of benzene rings is 1. The quantitative estimate of drug-likeness (QED) is 0.356. The first-order valence-electron chi connectivity index (χ1n) is 12.0. The van der Waals surface area contributed by atoms with E-state index in [0.29, 0.717) is 38.7 Å². The number of hydrogen-bond acceptors (Lipinski definition) is 8. The molecule has 194 valence electrons. The second-order valence-electron chi connectivity index (χ2n) is 9.04. The fourth-order valence-corrected chi connectivity index (χ4v) is 5.30. The van der Waals surface area contributed by atoms with Gasteiger partial charge >= 0.3 is 0 Å². The molecule has 1 fully saturated rings. The first-order valence-corrected chi connectivity index (χ1v) is 12.9. The van der Waals surface area contributed by atoms with Gasteiger partial charge < -0.3 is 14.7 Å². The van der Waals surface area contributed by atoms with Gasteiger partial charge in [-0.05, 0) is 30.5 Å². The predicted octanol–water partition coefficient (Wildman–Crippen LogP) is 3.69. The van der Waals surface area contributed by atoms with Gasteiger partial charge in [-0.2, -0.15) is 10.1 Å². The molecular weight excluding hydrogens is 498 g/mol. The Morgan fingerprint density at radius 2 is 1.95 bits per heavy atom. The molecule has 0 aliphatic carbocycles. The molecule has 2 unspecified atom stereocenters. The van der Waals surface area contributed by atoms with E-state index in [1.807, 2.05) is 42.6 Å². The minimum Gasteiger partial charge on any atom is -0.472 e. The van der Waals surface area contributed by atoms with Gasteiger partial charge in [0.15, 0.2) is 0 Å². The van der Waals surface area contributed by atoms with Crippen LogP contribution in [-0.2, 0) is 18.8 Å². The zero-order chi connectivity index (χ0) is 25.8. The molecule has 0 radical (unpaired) electrons. The Morgan fingerprint density at radius 3 is 2.65 bits per heavy atom. The molecule has 0 saturated carbocycles. The van der Waals surface area contributed by atoms with Crippen molar-refractivity contribution in [3.8, 4) is 5.88 Å².